The fourth-order valence-electron chi connectivity index (χ4n) is 2.27. The molecule has 0 bridgehead atoms. The molecule has 0 radical (unpaired) electrons. The lowest BCUT2D eigenvalue weighted by Gasteiger charge is -2.06. The maximum Gasteiger partial charge on any atom is 0.0982 e. The van der Waals surface area contributed by atoms with E-state index in [0.717, 1.165) is 32.6 Å². The van der Waals surface area contributed by atoms with Crippen molar-refractivity contribution in [2.75, 3.05) is 0 Å². The van der Waals surface area contributed by atoms with Gasteiger partial charge in [-0.05, 0) is 18.2 Å². The molecule has 1 aromatic heterocycles. The summed E-state index contributed by atoms with van der Waals surface area (Å²) in [5.41, 5.74) is 3.98. The molecule has 2 N–H and O–H groups in total. The topological polar surface area (TPSA) is 48.9 Å². The van der Waals surface area contributed by atoms with E-state index >= 15 is 0 Å². The third-order valence-corrected chi connectivity index (χ3v) is 4.09. The smallest absolute Gasteiger partial charge is 0.0982 e. The van der Waals surface area contributed by atoms with E-state index in [1.165, 1.54) is 0 Å². The van der Waals surface area contributed by atoms with Crippen LogP contribution in [-0.4, -0.2) is 15.3 Å². The zero-order chi connectivity index (χ0) is 14.8. The quantitative estimate of drug-likeness (QED) is 0.711. The van der Waals surface area contributed by atoms with E-state index < -0.39 is 0 Å². The number of aliphatic hydroxyl groups excluding tert-OH is 1. The van der Waals surface area contributed by atoms with Crippen molar-refractivity contribution < 1.29 is 5.11 Å². The Morgan fingerprint density at radius 1 is 1.14 bits per heavy atom. The van der Waals surface area contributed by atoms with Gasteiger partial charge in [0, 0.05) is 21.2 Å². The maximum atomic E-state index is 9.76. The van der Waals surface area contributed by atoms with Gasteiger partial charge in [0.2, 0.25) is 0 Å². The number of aromatic amines is 1. The average molecular weight is 364 g/mol. The van der Waals surface area contributed by atoms with Gasteiger partial charge in [0.25, 0.3) is 0 Å². The molecular weight excluding hydrogens is 352 g/mol. The van der Waals surface area contributed by atoms with Crippen LogP contribution in [0.5, 0.6) is 0 Å². The van der Waals surface area contributed by atoms with Crippen LogP contribution in [0, 0.1) is 0 Å². The van der Waals surface area contributed by atoms with E-state index in [9.17, 15) is 5.11 Å². The molecule has 0 atom stereocenters. The molecule has 0 spiro atoms. The fourth-order valence-corrected chi connectivity index (χ4v) is 2.84. The van der Waals surface area contributed by atoms with Gasteiger partial charge in [-0.3, -0.25) is 5.10 Å². The molecule has 0 fully saturated rings. The molecule has 3 nitrogen and oxygen atoms in total. The third-order valence-electron chi connectivity index (χ3n) is 3.27. The summed E-state index contributed by atoms with van der Waals surface area (Å²) in [6.45, 7) is -0.112. The summed E-state index contributed by atoms with van der Waals surface area (Å²) in [5.74, 6) is 0. The molecule has 0 aliphatic rings. The zero-order valence-corrected chi connectivity index (χ0v) is 13.3. The second-order valence-corrected chi connectivity index (χ2v) is 5.90. The number of aromatic nitrogens is 2. The maximum absolute atomic E-state index is 9.76. The number of nitrogens with zero attached hydrogens (tertiary/aromatic N) is 1. The van der Waals surface area contributed by atoms with Crippen molar-refractivity contribution in [3.63, 3.8) is 0 Å². The molecular formula is C16H12BrClN2O. The second-order valence-electron chi connectivity index (χ2n) is 4.57. The van der Waals surface area contributed by atoms with Crippen molar-refractivity contribution >= 4 is 27.5 Å². The molecule has 3 aromatic rings. The van der Waals surface area contributed by atoms with E-state index in [1.807, 2.05) is 48.5 Å². The standard InChI is InChI=1S/C16H12BrClN2O/c17-11-6-7-14(18)12(8-11)16-13(9-21)15(19-20-16)10-4-2-1-3-5-10/h1-8,21H,9H2,(H,19,20). The minimum atomic E-state index is -0.112. The van der Waals surface area contributed by atoms with Crippen LogP contribution in [0.2, 0.25) is 5.02 Å². The molecule has 0 amide bonds. The molecule has 1 heterocycles. The SMILES string of the molecule is OCc1c(-c2ccccc2)n[nH]c1-c1cc(Br)ccc1Cl. The Kier molecular flexibility index (Phi) is 4.10. The summed E-state index contributed by atoms with van der Waals surface area (Å²) in [6.07, 6.45) is 0. The Bertz CT molecular complexity index is 771. The Morgan fingerprint density at radius 3 is 2.62 bits per heavy atom. The molecule has 0 aliphatic carbocycles. The normalized spacial score (nSPS) is 10.8. The number of H-pyrrole nitrogens is 1. The minimum absolute atomic E-state index is 0.112. The van der Waals surface area contributed by atoms with Crippen LogP contribution < -0.4 is 0 Å². The summed E-state index contributed by atoms with van der Waals surface area (Å²) in [4.78, 5) is 0. The number of nitrogens with one attached hydrogen (secondary N) is 1. The Balaban J connectivity index is 2.17. The van der Waals surface area contributed by atoms with E-state index in [4.69, 9.17) is 11.6 Å². The highest BCUT2D eigenvalue weighted by atomic mass is 79.9. The molecule has 0 unspecified atom stereocenters. The van der Waals surface area contributed by atoms with Crippen molar-refractivity contribution in [3.05, 3.63) is 63.6 Å². The minimum Gasteiger partial charge on any atom is -0.392 e. The predicted octanol–water partition coefficient (Wildman–Crippen LogP) is 4.65. The second kappa shape index (κ2) is 6.02. The molecule has 106 valence electrons. The number of rotatable bonds is 3. The van der Waals surface area contributed by atoms with Gasteiger partial charge in [0.1, 0.15) is 0 Å². The highest BCUT2D eigenvalue weighted by Crippen LogP contribution is 2.35. The van der Waals surface area contributed by atoms with Crippen molar-refractivity contribution in [3.8, 4) is 22.5 Å². The zero-order valence-electron chi connectivity index (χ0n) is 11.0. The van der Waals surface area contributed by atoms with Crippen LogP contribution in [-0.2, 0) is 6.61 Å². The van der Waals surface area contributed by atoms with E-state index in [-0.39, 0.29) is 6.61 Å². The van der Waals surface area contributed by atoms with E-state index in [0.29, 0.717) is 5.02 Å². The summed E-state index contributed by atoms with van der Waals surface area (Å²) in [6, 6.07) is 15.3. The van der Waals surface area contributed by atoms with Gasteiger partial charge < -0.3 is 5.11 Å². The van der Waals surface area contributed by atoms with Gasteiger partial charge in [0.15, 0.2) is 0 Å². The molecule has 5 heteroatoms. The van der Waals surface area contributed by atoms with Gasteiger partial charge in [-0.2, -0.15) is 5.10 Å². The van der Waals surface area contributed by atoms with Crippen LogP contribution in [0.3, 0.4) is 0 Å². The Labute approximate surface area is 135 Å². The molecule has 0 saturated heterocycles. The largest absolute Gasteiger partial charge is 0.392 e. The first-order valence-electron chi connectivity index (χ1n) is 6.39. The van der Waals surface area contributed by atoms with Crippen LogP contribution in [0.4, 0.5) is 0 Å². The third kappa shape index (κ3) is 2.75. The van der Waals surface area contributed by atoms with Gasteiger partial charge in [0.05, 0.1) is 23.0 Å². The highest BCUT2D eigenvalue weighted by Gasteiger charge is 2.17. The number of halogens is 2. The number of benzene rings is 2. The summed E-state index contributed by atoms with van der Waals surface area (Å²) < 4.78 is 0.918. The molecule has 21 heavy (non-hydrogen) atoms. The first-order chi connectivity index (χ1) is 10.2. The Hall–Kier alpha value is -1.62. The fraction of sp³-hybridized carbons (Fsp3) is 0.0625. The molecule has 2 aromatic carbocycles. The van der Waals surface area contributed by atoms with Crippen LogP contribution >= 0.6 is 27.5 Å². The molecule has 0 saturated carbocycles. The average Bonchev–Trinajstić information content (AvgIpc) is 2.94. The van der Waals surface area contributed by atoms with Crippen molar-refractivity contribution in [1.82, 2.24) is 10.2 Å². The van der Waals surface area contributed by atoms with Gasteiger partial charge in [-0.1, -0.05) is 57.9 Å². The van der Waals surface area contributed by atoms with Crippen molar-refractivity contribution in [2.24, 2.45) is 0 Å². The van der Waals surface area contributed by atoms with Crippen LogP contribution in [0.1, 0.15) is 5.56 Å². The first-order valence-corrected chi connectivity index (χ1v) is 7.56. The number of hydrogen-bond donors (Lipinski definition) is 2. The first kappa shape index (κ1) is 14.3. The molecule has 0 aliphatic heterocycles. The van der Waals surface area contributed by atoms with Gasteiger partial charge >= 0.3 is 0 Å². The van der Waals surface area contributed by atoms with Crippen molar-refractivity contribution in [2.45, 2.75) is 6.61 Å². The highest BCUT2D eigenvalue weighted by molar-refractivity contribution is 9.10. The lowest BCUT2D eigenvalue weighted by molar-refractivity contribution is 0.283. The molecule has 3 rings (SSSR count). The summed E-state index contributed by atoms with van der Waals surface area (Å²) >= 11 is 9.70. The van der Waals surface area contributed by atoms with Gasteiger partial charge in [-0.15, -0.1) is 0 Å². The van der Waals surface area contributed by atoms with Crippen molar-refractivity contribution in [1.29, 1.82) is 0 Å². The van der Waals surface area contributed by atoms with Crippen LogP contribution in [0.15, 0.2) is 53.0 Å². The van der Waals surface area contributed by atoms with E-state index in [2.05, 4.69) is 26.1 Å². The predicted molar refractivity (Wildman–Crippen MR) is 88.1 cm³/mol. The number of hydrogen-bond acceptors (Lipinski definition) is 2. The lowest BCUT2D eigenvalue weighted by Crippen LogP contribution is -1.90. The summed E-state index contributed by atoms with van der Waals surface area (Å²) in [5, 5.41) is 17.7. The number of aliphatic hydroxyl groups is 1. The van der Waals surface area contributed by atoms with Crippen LogP contribution in [0.25, 0.3) is 22.5 Å². The monoisotopic (exact) mass is 362 g/mol. The Morgan fingerprint density at radius 2 is 1.90 bits per heavy atom. The summed E-state index contributed by atoms with van der Waals surface area (Å²) in [7, 11) is 0. The van der Waals surface area contributed by atoms with E-state index in [1.54, 1.807) is 0 Å². The van der Waals surface area contributed by atoms with Gasteiger partial charge in [-0.25, -0.2) is 0 Å². The lowest BCUT2D eigenvalue weighted by atomic mass is 10.0.